The maximum absolute atomic E-state index is 12.8. The van der Waals surface area contributed by atoms with E-state index in [1.165, 1.54) is 0 Å². The van der Waals surface area contributed by atoms with E-state index < -0.39 is 6.08 Å². The monoisotopic (exact) mass is 234 g/mol. The lowest BCUT2D eigenvalue weighted by atomic mass is 10.3. The summed E-state index contributed by atoms with van der Waals surface area (Å²) in [6, 6.07) is 9.32. The number of aromatic nitrogens is 3. The van der Waals surface area contributed by atoms with Crippen LogP contribution in [0, 0.1) is 13.0 Å². The van der Waals surface area contributed by atoms with Crippen LogP contribution in [0.5, 0.6) is 0 Å². The topological polar surface area (TPSA) is 50.7 Å². The molecule has 4 nitrogen and oxygen atoms in total. The molecular formula is C12H15FN4. The number of anilines is 2. The first-order valence-electron chi connectivity index (χ1n) is 5.44. The Kier molecular flexibility index (Phi) is 5.00. The summed E-state index contributed by atoms with van der Waals surface area (Å²) >= 11 is 0. The van der Waals surface area contributed by atoms with Crippen molar-refractivity contribution in [2.45, 2.75) is 20.8 Å². The highest BCUT2D eigenvalue weighted by Gasteiger charge is 2.02. The molecule has 0 spiro atoms. The van der Waals surface area contributed by atoms with E-state index in [1.54, 1.807) is 6.92 Å². The van der Waals surface area contributed by atoms with Gasteiger partial charge in [-0.25, -0.2) is 0 Å². The second kappa shape index (κ2) is 6.52. The molecule has 0 atom stereocenters. The minimum atomic E-state index is -0.777. The van der Waals surface area contributed by atoms with Crippen molar-refractivity contribution in [1.29, 1.82) is 0 Å². The average molecular weight is 234 g/mol. The molecular weight excluding hydrogens is 219 g/mol. The van der Waals surface area contributed by atoms with Gasteiger partial charge in [0, 0.05) is 5.69 Å². The van der Waals surface area contributed by atoms with Gasteiger partial charge in [0.2, 0.25) is 5.95 Å². The predicted molar refractivity (Wildman–Crippen MR) is 65.6 cm³/mol. The Hall–Kier alpha value is -2.04. The number of halogens is 1. The highest BCUT2D eigenvalue weighted by molar-refractivity contribution is 5.52. The minimum Gasteiger partial charge on any atom is -0.324 e. The quantitative estimate of drug-likeness (QED) is 0.867. The Morgan fingerprint density at radius 1 is 1.00 bits per heavy atom. The summed E-state index contributed by atoms with van der Waals surface area (Å²) in [7, 11) is 0. The van der Waals surface area contributed by atoms with Gasteiger partial charge in [-0.2, -0.15) is 19.3 Å². The molecule has 0 aliphatic carbocycles. The molecule has 5 heteroatoms. The van der Waals surface area contributed by atoms with Gasteiger partial charge in [0.1, 0.15) is 5.82 Å². The summed E-state index contributed by atoms with van der Waals surface area (Å²) in [6.45, 7) is 5.61. The van der Waals surface area contributed by atoms with Gasteiger partial charge in [0.15, 0.2) is 0 Å². The summed E-state index contributed by atoms with van der Waals surface area (Å²) in [4.78, 5) is 10.9. The zero-order valence-electron chi connectivity index (χ0n) is 10.1. The maximum atomic E-state index is 12.8. The summed E-state index contributed by atoms with van der Waals surface area (Å²) < 4.78 is 12.8. The van der Waals surface area contributed by atoms with Crippen LogP contribution in [-0.4, -0.2) is 15.0 Å². The van der Waals surface area contributed by atoms with Gasteiger partial charge in [-0.3, -0.25) is 0 Å². The predicted octanol–water partition coefficient (Wildman–Crippen LogP) is 3.09. The fourth-order valence-electron chi connectivity index (χ4n) is 1.16. The lowest BCUT2D eigenvalue weighted by molar-refractivity contribution is 0.529. The number of para-hydroxylation sites is 1. The van der Waals surface area contributed by atoms with Crippen molar-refractivity contribution < 1.29 is 4.39 Å². The lowest BCUT2D eigenvalue weighted by Gasteiger charge is -2.03. The third-order valence-corrected chi connectivity index (χ3v) is 1.75. The number of aryl methyl sites for hydroxylation is 1. The van der Waals surface area contributed by atoms with Crippen LogP contribution in [0.25, 0.3) is 0 Å². The van der Waals surface area contributed by atoms with E-state index in [4.69, 9.17) is 0 Å². The molecule has 0 aliphatic rings. The third-order valence-electron chi connectivity index (χ3n) is 1.75. The second-order valence-corrected chi connectivity index (χ2v) is 2.97. The average Bonchev–Trinajstić information content (AvgIpc) is 2.31. The van der Waals surface area contributed by atoms with Gasteiger partial charge in [0.05, 0.1) is 0 Å². The molecule has 0 amide bonds. The molecule has 1 aromatic heterocycles. The second-order valence-electron chi connectivity index (χ2n) is 2.97. The fraction of sp³-hybridized carbons (Fsp3) is 0.250. The van der Waals surface area contributed by atoms with E-state index in [-0.39, 0.29) is 5.95 Å². The van der Waals surface area contributed by atoms with Crippen LogP contribution in [0.15, 0.2) is 30.3 Å². The number of nitrogens with zero attached hydrogens (tertiary/aromatic N) is 3. The van der Waals surface area contributed by atoms with Crippen molar-refractivity contribution in [1.82, 2.24) is 15.0 Å². The zero-order valence-corrected chi connectivity index (χ0v) is 10.1. The van der Waals surface area contributed by atoms with Gasteiger partial charge in [-0.1, -0.05) is 32.0 Å². The van der Waals surface area contributed by atoms with Crippen molar-refractivity contribution in [3.63, 3.8) is 0 Å². The van der Waals surface area contributed by atoms with Crippen molar-refractivity contribution in [2.24, 2.45) is 0 Å². The van der Waals surface area contributed by atoms with Crippen LogP contribution in [0.2, 0.25) is 0 Å². The standard InChI is InChI=1S/C10H9FN4.C2H6/c1-7-12-9(11)15-10(13-7)14-8-5-3-2-4-6-8;1-2/h2-6H,1H3,(H,12,13,14,15);1-2H3. The first-order valence-corrected chi connectivity index (χ1v) is 5.44. The smallest absolute Gasteiger partial charge is 0.313 e. The minimum absolute atomic E-state index is 0.214. The van der Waals surface area contributed by atoms with Crippen LogP contribution >= 0.6 is 0 Å². The summed E-state index contributed by atoms with van der Waals surface area (Å²) in [5, 5.41) is 2.88. The highest BCUT2D eigenvalue weighted by atomic mass is 19.1. The number of hydrogen-bond donors (Lipinski definition) is 1. The summed E-state index contributed by atoms with van der Waals surface area (Å²) in [5.41, 5.74) is 0.808. The van der Waals surface area contributed by atoms with Gasteiger partial charge in [0.25, 0.3) is 0 Å². The Labute approximate surface area is 100.0 Å². The van der Waals surface area contributed by atoms with Gasteiger partial charge in [-0.05, 0) is 19.1 Å². The van der Waals surface area contributed by atoms with Crippen molar-refractivity contribution >= 4 is 11.6 Å². The van der Waals surface area contributed by atoms with Crippen LogP contribution < -0.4 is 5.32 Å². The molecule has 1 N–H and O–H groups in total. The van der Waals surface area contributed by atoms with Crippen molar-refractivity contribution in [2.75, 3.05) is 5.32 Å². The Balaban J connectivity index is 0.000000686. The fourth-order valence-corrected chi connectivity index (χ4v) is 1.16. The van der Waals surface area contributed by atoms with Crippen molar-refractivity contribution in [3.05, 3.63) is 42.2 Å². The summed E-state index contributed by atoms with van der Waals surface area (Å²) in [6.07, 6.45) is -0.777. The van der Waals surface area contributed by atoms with E-state index >= 15 is 0 Å². The molecule has 2 rings (SSSR count). The van der Waals surface area contributed by atoms with Crippen LogP contribution in [-0.2, 0) is 0 Å². The molecule has 2 aromatic rings. The Bertz CT molecular complexity index is 439. The third kappa shape index (κ3) is 4.14. The number of benzene rings is 1. The van der Waals surface area contributed by atoms with E-state index in [1.807, 2.05) is 44.2 Å². The first-order chi connectivity index (χ1) is 8.24. The van der Waals surface area contributed by atoms with Crippen LogP contribution in [0.4, 0.5) is 16.0 Å². The van der Waals surface area contributed by atoms with Gasteiger partial charge in [-0.15, -0.1) is 0 Å². The molecule has 90 valence electrons. The molecule has 0 bridgehead atoms. The van der Waals surface area contributed by atoms with Gasteiger partial charge >= 0.3 is 6.08 Å². The van der Waals surface area contributed by atoms with E-state index in [0.717, 1.165) is 5.69 Å². The van der Waals surface area contributed by atoms with E-state index in [9.17, 15) is 4.39 Å². The molecule has 0 saturated heterocycles. The van der Waals surface area contributed by atoms with E-state index in [2.05, 4.69) is 20.3 Å². The number of hydrogen-bond acceptors (Lipinski definition) is 4. The molecule has 0 radical (unpaired) electrons. The maximum Gasteiger partial charge on any atom is 0.313 e. The Morgan fingerprint density at radius 2 is 1.65 bits per heavy atom. The molecule has 1 aromatic carbocycles. The highest BCUT2D eigenvalue weighted by Crippen LogP contribution is 2.11. The van der Waals surface area contributed by atoms with Crippen LogP contribution in [0.3, 0.4) is 0 Å². The SMILES string of the molecule is CC.Cc1nc(F)nc(Nc2ccccc2)n1. The zero-order chi connectivity index (χ0) is 12.7. The van der Waals surface area contributed by atoms with E-state index in [0.29, 0.717) is 5.82 Å². The van der Waals surface area contributed by atoms with Crippen LogP contribution in [0.1, 0.15) is 19.7 Å². The molecule has 17 heavy (non-hydrogen) atoms. The molecule has 0 unspecified atom stereocenters. The van der Waals surface area contributed by atoms with Crippen molar-refractivity contribution in [3.8, 4) is 0 Å². The normalized spacial score (nSPS) is 9.18. The molecule has 0 fully saturated rings. The largest absolute Gasteiger partial charge is 0.324 e. The molecule has 0 aliphatic heterocycles. The lowest BCUT2D eigenvalue weighted by Crippen LogP contribution is -2.03. The Morgan fingerprint density at radius 3 is 2.24 bits per heavy atom. The number of rotatable bonds is 2. The molecule has 1 heterocycles. The number of nitrogens with one attached hydrogen (secondary N) is 1. The summed E-state index contributed by atoms with van der Waals surface area (Å²) in [5.74, 6) is 0.562. The first kappa shape index (κ1) is 13.0. The van der Waals surface area contributed by atoms with Gasteiger partial charge < -0.3 is 5.32 Å². The molecule has 0 saturated carbocycles.